The number of hydrogen-bond acceptors (Lipinski definition) is 1. The normalized spacial score (nSPS) is 12.0. The summed E-state index contributed by atoms with van der Waals surface area (Å²) in [4.78, 5) is 0. The molecular weight excluding hydrogens is 308 g/mol. The molecule has 0 aromatic heterocycles. The van der Waals surface area contributed by atoms with Crippen LogP contribution in [0.1, 0.15) is 16.7 Å². The molecule has 0 radical (unpaired) electrons. The quantitative estimate of drug-likeness (QED) is 0.658. The van der Waals surface area contributed by atoms with Gasteiger partial charge in [-0.15, -0.1) is 0 Å². The zero-order valence-electron chi connectivity index (χ0n) is 10.8. The largest absolute Gasteiger partial charge is 0.418 e. The summed E-state index contributed by atoms with van der Waals surface area (Å²) >= 11 is 0. The molecule has 7 heteroatoms. The van der Waals surface area contributed by atoms with Gasteiger partial charge in [0, 0.05) is 0 Å². The molecule has 2 aromatic carbocycles. The maximum atomic E-state index is 13.1. The number of alkyl halides is 6. The Balaban J connectivity index is 2.61. The van der Waals surface area contributed by atoms with Gasteiger partial charge in [0.05, 0.1) is 22.8 Å². The van der Waals surface area contributed by atoms with Crippen LogP contribution in [-0.4, -0.2) is 0 Å². The Hall–Kier alpha value is -2.49. The van der Waals surface area contributed by atoms with Crippen LogP contribution in [0.25, 0.3) is 11.1 Å². The lowest BCUT2D eigenvalue weighted by Crippen LogP contribution is -2.10. The summed E-state index contributed by atoms with van der Waals surface area (Å²) in [7, 11) is 0. The second-order valence-electron chi connectivity index (χ2n) is 4.41. The number of halogens is 6. The van der Waals surface area contributed by atoms with Crippen molar-refractivity contribution in [1.29, 1.82) is 5.26 Å². The molecular formula is C15H7F6N. The third-order valence-electron chi connectivity index (χ3n) is 2.99. The lowest BCUT2D eigenvalue weighted by Gasteiger charge is -2.15. The molecule has 0 aliphatic heterocycles. The molecule has 0 N–H and O–H groups in total. The first kappa shape index (κ1) is 15.9. The van der Waals surface area contributed by atoms with E-state index in [1.807, 2.05) is 0 Å². The van der Waals surface area contributed by atoms with Crippen molar-refractivity contribution < 1.29 is 26.3 Å². The van der Waals surface area contributed by atoms with Crippen molar-refractivity contribution in [2.24, 2.45) is 0 Å². The van der Waals surface area contributed by atoms with E-state index in [0.717, 1.165) is 24.3 Å². The second kappa shape index (κ2) is 5.37. The molecule has 0 saturated heterocycles. The average Bonchev–Trinajstić information content (AvgIpc) is 2.44. The third kappa shape index (κ3) is 3.06. The monoisotopic (exact) mass is 315 g/mol. The number of nitriles is 1. The molecule has 0 unspecified atom stereocenters. The van der Waals surface area contributed by atoms with E-state index in [-0.39, 0.29) is 11.1 Å². The molecule has 2 aromatic rings. The molecule has 0 aliphatic carbocycles. The van der Waals surface area contributed by atoms with Crippen molar-refractivity contribution >= 4 is 0 Å². The van der Waals surface area contributed by atoms with Crippen molar-refractivity contribution in [1.82, 2.24) is 0 Å². The van der Waals surface area contributed by atoms with Gasteiger partial charge < -0.3 is 0 Å². The van der Waals surface area contributed by atoms with Crippen LogP contribution in [0.3, 0.4) is 0 Å². The molecule has 0 bridgehead atoms. The summed E-state index contributed by atoms with van der Waals surface area (Å²) in [5.74, 6) is 0. The number of hydrogen-bond donors (Lipinski definition) is 0. The summed E-state index contributed by atoms with van der Waals surface area (Å²) in [5, 5.41) is 8.81. The number of rotatable bonds is 1. The molecule has 22 heavy (non-hydrogen) atoms. The van der Waals surface area contributed by atoms with Crippen molar-refractivity contribution in [3.63, 3.8) is 0 Å². The smallest absolute Gasteiger partial charge is 0.192 e. The summed E-state index contributed by atoms with van der Waals surface area (Å²) in [6, 6.07) is 8.14. The highest BCUT2D eigenvalue weighted by molar-refractivity contribution is 5.71. The van der Waals surface area contributed by atoms with E-state index in [2.05, 4.69) is 0 Å². The molecule has 0 atom stereocenters. The Labute approximate surface area is 121 Å². The predicted molar refractivity (Wildman–Crippen MR) is 66.6 cm³/mol. The summed E-state index contributed by atoms with van der Waals surface area (Å²) in [5.41, 5.74) is -3.07. The molecule has 114 valence electrons. The lowest BCUT2D eigenvalue weighted by molar-refractivity contribution is -0.138. The van der Waals surface area contributed by atoms with Crippen LogP contribution >= 0.6 is 0 Å². The molecule has 0 fully saturated rings. The minimum Gasteiger partial charge on any atom is -0.192 e. The van der Waals surface area contributed by atoms with Crippen molar-refractivity contribution in [2.75, 3.05) is 0 Å². The topological polar surface area (TPSA) is 23.8 Å². The van der Waals surface area contributed by atoms with Gasteiger partial charge in [0.2, 0.25) is 0 Å². The van der Waals surface area contributed by atoms with Gasteiger partial charge in [0.25, 0.3) is 0 Å². The molecule has 0 amide bonds. The van der Waals surface area contributed by atoms with Crippen LogP contribution in [0.5, 0.6) is 0 Å². The van der Waals surface area contributed by atoms with Gasteiger partial charge in [0.1, 0.15) is 0 Å². The van der Waals surface area contributed by atoms with Crippen LogP contribution in [0.2, 0.25) is 0 Å². The van der Waals surface area contributed by atoms with Gasteiger partial charge in [0.15, 0.2) is 0 Å². The fourth-order valence-electron chi connectivity index (χ4n) is 2.03. The molecule has 0 saturated carbocycles. The predicted octanol–water partition coefficient (Wildman–Crippen LogP) is 5.26. The van der Waals surface area contributed by atoms with Crippen molar-refractivity contribution in [3.05, 3.63) is 59.2 Å². The first-order chi connectivity index (χ1) is 10.1. The first-order valence-corrected chi connectivity index (χ1v) is 5.92. The highest BCUT2D eigenvalue weighted by Crippen LogP contribution is 2.40. The Bertz CT molecular complexity index is 720. The van der Waals surface area contributed by atoms with Crippen LogP contribution in [0.4, 0.5) is 26.3 Å². The van der Waals surface area contributed by atoms with E-state index in [0.29, 0.717) is 12.1 Å². The van der Waals surface area contributed by atoms with Gasteiger partial charge >= 0.3 is 12.4 Å². The van der Waals surface area contributed by atoms with E-state index in [1.165, 1.54) is 12.1 Å². The molecule has 2 rings (SSSR count). The maximum absolute atomic E-state index is 13.1. The summed E-state index contributed by atoms with van der Waals surface area (Å²) in [6.45, 7) is 0. The molecule has 0 aliphatic rings. The Morgan fingerprint density at radius 3 is 1.82 bits per heavy atom. The van der Waals surface area contributed by atoms with Crippen LogP contribution in [-0.2, 0) is 12.4 Å². The Morgan fingerprint density at radius 2 is 1.36 bits per heavy atom. The summed E-state index contributed by atoms with van der Waals surface area (Å²) < 4.78 is 76.8. The first-order valence-electron chi connectivity index (χ1n) is 5.92. The van der Waals surface area contributed by atoms with Gasteiger partial charge in [-0.05, 0) is 29.3 Å². The van der Waals surface area contributed by atoms with Crippen LogP contribution in [0.15, 0.2) is 42.5 Å². The molecule has 0 spiro atoms. The zero-order chi connectivity index (χ0) is 16.5. The van der Waals surface area contributed by atoms with Crippen molar-refractivity contribution in [3.8, 4) is 17.2 Å². The second-order valence-corrected chi connectivity index (χ2v) is 4.41. The van der Waals surface area contributed by atoms with E-state index in [4.69, 9.17) is 5.26 Å². The number of benzene rings is 2. The minimum absolute atomic E-state index is 0.0441. The van der Waals surface area contributed by atoms with Gasteiger partial charge in [-0.25, -0.2) is 0 Å². The van der Waals surface area contributed by atoms with Gasteiger partial charge in [-0.3, -0.25) is 0 Å². The van der Waals surface area contributed by atoms with Crippen LogP contribution in [0, 0.1) is 11.3 Å². The highest BCUT2D eigenvalue weighted by Gasteiger charge is 2.37. The maximum Gasteiger partial charge on any atom is 0.418 e. The highest BCUT2D eigenvalue weighted by atomic mass is 19.4. The van der Waals surface area contributed by atoms with Gasteiger partial charge in [-0.2, -0.15) is 31.6 Å². The fourth-order valence-corrected chi connectivity index (χ4v) is 2.03. The van der Waals surface area contributed by atoms with E-state index < -0.39 is 29.0 Å². The molecule has 1 nitrogen and oxygen atoms in total. The molecule has 0 heterocycles. The average molecular weight is 315 g/mol. The Morgan fingerprint density at radius 1 is 0.773 bits per heavy atom. The van der Waals surface area contributed by atoms with Crippen LogP contribution < -0.4 is 0 Å². The van der Waals surface area contributed by atoms with Gasteiger partial charge in [-0.1, -0.05) is 24.3 Å². The van der Waals surface area contributed by atoms with E-state index in [1.54, 1.807) is 0 Å². The standard InChI is InChI=1S/C15H7F6N/c16-14(17,18)11-6-4-9(5-7-11)12-3-1-2-10(8-22)13(12)15(19,20)21/h1-7H. The third-order valence-corrected chi connectivity index (χ3v) is 2.99. The Kier molecular flexibility index (Phi) is 3.88. The number of nitrogens with zero attached hydrogens (tertiary/aromatic N) is 1. The minimum atomic E-state index is -4.79. The SMILES string of the molecule is N#Cc1cccc(-c2ccc(C(F)(F)F)cc2)c1C(F)(F)F. The van der Waals surface area contributed by atoms with E-state index >= 15 is 0 Å². The van der Waals surface area contributed by atoms with Crippen molar-refractivity contribution in [2.45, 2.75) is 12.4 Å². The zero-order valence-corrected chi connectivity index (χ0v) is 10.8. The summed E-state index contributed by atoms with van der Waals surface area (Å²) in [6.07, 6.45) is -9.36. The lowest BCUT2D eigenvalue weighted by atomic mass is 9.95. The fraction of sp³-hybridized carbons (Fsp3) is 0.133. The van der Waals surface area contributed by atoms with E-state index in [9.17, 15) is 26.3 Å².